The molecule has 0 aliphatic carbocycles. The van der Waals surface area contributed by atoms with Gasteiger partial charge in [-0.3, -0.25) is 9.59 Å². The molecule has 1 aliphatic heterocycles. The highest BCUT2D eigenvalue weighted by atomic mass is 19.4. The van der Waals surface area contributed by atoms with Gasteiger partial charge in [0.05, 0.1) is 11.5 Å². The number of alkyl halides is 3. The maximum atomic E-state index is 12.8. The molecule has 1 atom stereocenters. The van der Waals surface area contributed by atoms with Crippen molar-refractivity contribution in [3.05, 3.63) is 59.2 Å². The standard InChI is InChI=1S/C20H19F3N2O2/c1-12-6-7-17(13(2)8-12)25-11-14(9-18(25)26)19(27)24-16-5-3-4-15(10-16)20(21,22)23/h3-8,10,14H,9,11H2,1-2H3,(H,24,27). The summed E-state index contributed by atoms with van der Waals surface area (Å²) in [5.74, 6) is -1.26. The predicted octanol–water partition coefficient (Wildman–Crippen LogP) is 4.31. The average molecular weight is 376 g/mol. The molecule has 4 nitrogen and oxygen atoms in total. The van der Waals surface area contributed by atoms with Crippen molar-refractivity contribution in [1.29, 1.82) is 0 Å². The van der Waals surface area contributed by atoms with Crippen LogP contribution in [0, 0.1) is 19.8 Å². The zero-order valence-corrected chi connectivity index (χ0v) is 14.9. The molecule has 1 fully saturated rings. The van der Waals surface area contributed by atoms with Crippen LogP contribution in [0.25, 0.3) is 0 Å². The maximum Gasteiger partial charge on any atom is 0.416 e. The van der Waals surface area contributed by atoms with Gasteiger partial charge in [-0.15, -0.1) is 0 Å². The number of anilines is 2. The highest BCUT2D eigenvalue weighted by Crippen LogP contribution is 2.32. The number of hydrogen-bond donors (Lipinski definition) is 1. The molecule has 0 spiro atoms. The van der Waals surface area contributed by atoms with E-state index >= 15 is 0 Å². The summed E-state index contributed by atoms with van der Waals surface area (Å²) >= 11 is 0. The van der Waals surface area contributed by atoms with Crippen LogP contribution in [0.4, 0.5) is 24.5 Å². The fraction of sp³-hybridized carbons (Fsp3) is 0.300. The van der Waals surface area contributed by atoms with Crippen LogP contribution in [0.5, 0.6) is 0 Å². The first-order valence-electron chi connectivity index (χ1n) is 8.51. The second-order valence-electron chi connectivity index (χ2n) is 6.76. The van der Waals surface area contributed by atoms with Crippen molar-refractivity contribution in [2.75, 3.05) is 16.8 Å². The molecule has 142 valence electrons. The lowest BCUT2D eigenvalue weighted by atomic mass is 10.1. The van der Waals surface area contributed by atoms with Gasteiger partial charge < -0.3 is 10.2 Å². The van der Waals surface area contributed by atoms with Crippen molar-refractivity contribution in [2.45, 2.75) is 26.4 Å². The highest BCUT2D eigenvalue weighted by Gasteiger charge is 2.36. The third kappa shape index (κ3) is 4.13. The maximum absolute atomic E-state index is 12.8. The minimum absolute atomic E-state index is 0.0259. The zero-order chi connectivity index (χ0) is 19.8. The van der Waals surface area contributed by atoms with Gasteiger partial charge in [0, 0.05) is 24.3 Å². The molecule has 3 rings (SSSR count). The molecule has 1 aliphatic rings. The average Bonchev–Trinajstić information content (AvgIpc) is 2.96. The molecule has 1 saturated heterocycles. The lowest BCUT2D eigenvalue weighted by molar-refractivity contribution is -0.137. The van der Waals surface area contributed by atoms with Crippen LogP contribution in [0.2, 0.25) is 0 Å². The van der Waals surface area contributed by atoms with Gasteiger partial charge in [0.1, 0.15) is 0 Å². The molecule has 0 radical (unpaired) electrons. The van der Waals surface area contributed by atoms with E-state index in [0.717, 1.165) is 28.9 Å². The first-order valence-corrected chi connectivity index (χ1v) is 8.51. The summed E-state index contributed by atoms with van der Waals surface area (Å²) in [6, 6.07) is 10.2. The number of amides is 2. The molecular weight excluding hydrogens is 357 g/mol. The van der Waals surface area contributed by atoms with E-state index in [4.69, 9.17) is 0 Å². The van der Waals surface area contributed by atoms with Crippen LogP contribution in [0.3, 0.4) is 0 Å². The molecule has 2 aromatic carbocycles. The van der Waals surface area contributed by atoms with Gasteiger partial charge >= 0.3 is 6.18 Å². The molecule has 27 heavy (non-hydrogen) atoms. The van der Waals surface area contributed by atoms with E-state index in [9.17, 15) is 22.8 Å². The fourth-order valence-electron chi connectivity index (χ4n) is 3.24. The summed E-state index contributed by atoms with van der Waals surface area (Å²) in [6.07, 6.45) is -4.46. The molecule has 0 bridgehead atoms. The molecule has 0 aromatic heterocycles. The quantitative estimate of drug-likeness (QED) is 0.868. The SMILES string of the molecule is Cc1ccc(N2CC(C(=O)Nc3cccc(C(F)(F)F)c3)CC2=O)c(C)c1. The van der Waals surface area contributed by atoms with Crippen molar-refractivity contribution >= 4 is 23.2 Å². The first kappa shape index (κ1) is 18.9. The summed E-state index contributed by atoms with van der Waals surface area (Å²) in [5.41, 5.74) is 1.98. The number of nitrogens with zero attached hydrogens (tertiary/aromatic N) is 1. The largest absolute Gasteiger partial charge is 0.416 e. The topological polar surface area (TPSA) is 49.4 Å². The Morgan fingerprint density at radius 2 is 1.89 bits per heavy atom. The van der Waals surface area contributed by atoms with Gasteiger partial charge in [-0.2, -0.15) is 13.2 Å². The van der Waals surface area contributed by atoms with Crippen molar-refractivity contribution in [3.63, 3.8) is 0 Å². The van der Waals surface area contributed by atoms with Gasteiger partial charge in [0.25, 0.3) is 0 Å². The number of nitrogens with one attached hydrogen (secondary N) is 1. The summed E-state index contributed by atoms with van der Waals surface area (Å²) in [5, 5.41) is 2.49. The van der Waals surface area contributed by atoms with Gasteiger partial charge in [-0.05, 0) is 43.7 Å². The minimum Gasteiger partial charge on any atom is -0.326 e. The van der Waals surface area contributed by atoms with E-state index < -0.39 is 23.6 Å². The lowest BCUT2D eigenvalue weighted by Crippen LogP contribution is -2.28. The zero-order valence-electron chi connectivity index (χ0n) is 14.9. The molecule has 1 heterocycles. The number of carbonyl (C=O) groups excluding carboxylic acids is 2. The Morgan fingerprint density at radius 3 is 2.56 bits per heavy atom. The van der Waals surface area contributed by atoms with Crippen molar-refractivity contribution in [3.8, 4) is 0 Å². The number of halogens is 3. The van der Waals surface area contributed by atoms with E-state index in [1.165, 1.54) is 12.1 Å². The van der Waals surface area contributed by atoms with Crippen molar-refractivity contribution in [2.24, 2.45) is 5.92 Å². The van der Waals surface area contributed by atoms with Crippen molar-refractivity contribution in [1.82, 2.24) is 0 Å². The van der Waals surface area contributed by atoms with E-state index in [1.54, 1.807) is 4.90 Å². The third-order valence-corrected chi connectivity index (χ3v) is 4.60. The molecule has 7 heteroatoms. The van der Waals surface area contributed by atoms with E-state index in [2.05, 4.69) is 5.32 Å². The molecule has 1 N–H and O–H groups in total. The Morgan fingerprint density at radius 1 is 1.15 bits per heavy atom. The molecule has 2 aromatic rings. The highest BCUT2D eigenvalue weighted by molar-refractivity contribution is 6.03. The normalized spacial score (nSPS) is 17.3. The first-order chi connectivity index (χ1) is 12.6. The Labute approximate surface area is 155 Å². The molecule has 2 amide bonds. The number of aryl methyl sites for hydroxylation is 2. The van der Waals surface area contributed by atoms with E-state index in [1.807, 2.05) is 32.0 Å². The predicted molar refractivity (Wildman–Crippen MR) is 96.4 cm³/mol. The Bertz CT molecular complexity index is 893. The molecule has 1 unspecified atom stereocenters. The molecular formula is C20H19F3N2O2. The molecule has 0 saturated carbocycles. The Kier molecular flexibility index (Phi) is 4.95. The second kappa shape index (κ2) is 7.06. The van der Waals surface area contributed by atoms with Crippen LogP contribution in [-0.4, -0.2) is 18.4 Å². The summed E-state index contributed by atoms with van der Waals surface area (Å²) in [7, 11) is 0. The van der Waals surface area contributed by atoms with E-state index in [-0.39, 0.29) is 24.6 Å². The number of hydrogen-bond acceptors (Lipinski definition) is 2. The second-order valence-corrected chi connectivity index (χ2v) is 6.76. The van der Waals surface area contributed by atoms with Crippen LogP contribution in [0.15, 0.2) is 42.5 Å². The summed E-state index contributed by atoms with van der Waals surface area (Å²) in [6.45, 7) is 4.05. The van der Waals surface area contributed by atoms with Crippen LogP contribution in [0.1, 0.15) is 23.1 Å². The Balaban J connectivity index is 1.73. The summed E-state index contributed by atoms with van der Waals surface area (Å²) < 4.78 is 38.4. The van der Waals surface area contributed by atoms with Crippen LogP contribution >= 0.6 is 0 Å². The number of benzene rings is 2. The number of rotatable bonds is 3. The lowest BCUT2D eigenvalue weighted by Gasteiger charge is -2.19. The number of carbonyl (C=O) groups is 2. The fourth-order valence-corrected chi connectivity index (χ4v) is 3.24. The van der Waals surface area contributed by atoms with Gasteiger partial charge in [-0.25, -0.2) is 0 Å². The van der Waals surface area contributed by atoms with E-state index in [0.29, 0.717) is 0 Å². The smallest absolute Gasteiger partial charge is 0.326 e. The monoisotopic (exact) mass is 376 g/mol. The van der Waals surface area contributed by atoms with Crippen LogP contribution < -0.4 is 10.2 Å². The summed E-state index contributed by atoms with van der Waals surface area (Å²) in [4.78, 5) is 26.4. The van der Waals surface area contributed by atoms with Crippen molar-refractivity contribution < 1.29 is 22.8 Å². The van der Waals surface area contributed by atoms with Gasteiger partial charge in [0.2, 0.25) is 11.8 Å². The van der Waals surface area contributed by atoms with Gasteiger partial charge in [0.15, 0.2) is 0 Å². The van der Waals surface area contributed by atoms with Gasteiger partial charge in [-0.1, -0.05) is 23.8 Å². The van der Waals surface area contributed by atoms with Crippen LogP contribution in [-0.2, 0) is 15.8 Å². The minimum atomic E-state index is -4.48. The Hall–Kier alpha value is -2.83. The third-order valence-electron chi connectivity index (χ3n) is 4.60.